The second kappa shape index (κ2) is 8.47. The van der Waals surface area contributed by atoms with Gasteiger partial charge in [-0.3, -0.25) is 0 Å². The van der Waals surface area contributed by atoms with Gasteiger partial charge in [0.25, 0.3) is 0 Å². The first kappa shape index (κ1) is 17.9. The van der Waals surface area contributed by atoms with Crippen LogP contribution in [-0.2, 0) is 13.6 Å². The minimum Gasteiger partial charge on any atom is -0.356 e. The molecule has 1 fully saturated rings. The molecule has 0 aliphatic heterocycles. The van der Waals surface area contributed by atoms with Gasteiger partial charge in [-0.2, -0.15) is 11.3 Å². The Bertz CT molecular complexity index is 684. The Kier molecular flexibility index (Phi) is 6.07. The van der Waals surface area contributed by atoms with Crippen LogP contribution in [0.15, 0.2) is 21.8 Å². The Morgan fingerprint density at radius 2 is 2.20 bits per heavy atom. The molecule has 1 aliphatic rings. The summed E-state index contributed by atoms with van der Waals surface area (Å²) in [5.41, 5.74) is 1.38. The summed E-state index contributed by atoms with van der Waals surface area (Å²) in [6, 6.07) is 2.73. The van der Waals surface area contributed by atoms with Gasteiger partial charge in [0, 0.05) is 19.6 Å². The largest absolute Gasteiger partial charge is 0.356 e. The third-order valence-corrected chi connectivity index (χ3v) is 5.65. The number of aryl methyl sites for hydroxylation is 1. The fourth-order valence-electron chi connectivity index (χ4n) is 3.08. The topological polar surface area (TPSA) is 67.1 Å². The molecule has 2 aromatic heterocycles. The lowest BCUT2D eigenvalue weighted by Gasteiger charge is -2.19. The van der Waals surface area contributed by atoms with E-state index in [9.17, 15) is 0 Å². The van der Waals surface area contributed by atoms with E-state index in [2.05, 4.69) is 44.6 Å². The molecule has 0 spiro atoms. The summed E-state index contributed by atoms with van der Waals surface area (Å²) in [6.45, 7) is 5.60. The molecule has 3 rings (SSSR count). The van der Waals surface area contributed by atoms with Gasteiger partial charge in [0.15, 0.2) is 11.8 Å². The first-order valence-electron chi connectivity index (χ1n) is 9.05. The maximum Gasteiger partial charge on any atom is 0.191 e. The number of hydrogen-bond donors (Lipinski definition) is 2. The quantitative estimate of drug-likeness (QED) is 0.614. The zero-order chi connectivity index (χ0) is 17.6. The molecule has 2 aromatic rings. The lowest BCUT2D eigenvalue weighted by molar-refractivity contribution is 0.602. The summed E-state index contributed by atoms with van der Waals surface area (Å²) in [5, 5.41) is 19.8. The van der Waals surface area contributed by atoms with Crippen LogP contribution in [-0.4, -0.2) is 33.3 Å². The fourth-order valence-corrected chi connectivity index (χ4v) is 3.86. The van der Waals surface area contributed by atoms with E-state index in [0.717, 1.165) is 24.2 Å². The van der Waals surface area contributed by atoms with Crippen molar-refractivity contribution < 1.29 is 0 Å². The zero-order valence-corrected chi connectivity index (χ0v) is 16.1. The second-order valence-corrected chi connectivity index (χ2v) is 7.63. The highest BCUT2D eigenvalue weighted by atomic mass is 32.1. The molecule has 0 aromatic carbocycles. The van der Waals surface area contributed by atoms with Gasteiger partial charge in [-0.15, -0.1) is 10.2 Å². The van der Waals surface area contributed by atoms with Crippen LogP contribution in [0.2, 0.25) is 0 Å². The number of rotatable bonds is 6. The molecule has 1 atom stereocenters. The molecule has 25 heavy (non-hydrogen) atoms. The van der Waals surface area contributed by atoms with E-state index in [0.29, 0.717) is 18.5 Å². The van der Waals surface area contributed by atoms with Crippen molar-refractivity contribution in [2.45, 2.75) is 58.0 Å². The van der Waals surface area contributed by atoms with Crippen molar-refractivity contribution in [2.24, 2.45) is 12.0 Å². The van der Waals surface area contributed by atoms with Crippen LogP contribution in [0, 0.1) is 6.92 Å². The summed E-state index contributed by atoms with van der Waals surface area (Å²) in [5.74, 6) is 3.14. The van der Waals surface area contributed by atoms with Gasteiger partial charge in [0.1, 0.15) is 12.4 Å². The van der Waals surface area contributed by atoms with Crippen molar-refractivity contribution in [3.05, 3.63) is 34.0 Å². The number of guanidine groups is 1. The molecule has 2 heterocycles. The van der Waals surface area contributed by atoms with Gasteiger partial charge < -0.3 is 15.2 Å². The molecule has 6 nitrogen and oxygen atoms in total. The molecule has 0 amide bonds. The fraction of sp³-hybridized carbons (Fsp3) is 0.611. The average molecular weight is 361 g/mol. The Morgan fingerprint density at radius 3 is 2.84 bits per heavy atom. The Balaban J connectivity index is 1.63. The van der Waals surface area contributed by atoms with Crippen molar-refractivity contribution in [2.75, 3.05) is 6.54 Å². The summed E-state index contributed by atoms with van der Waals surface area (Å²) in [6.07, 6.45) is 5.06. The van der Waals surface area contributed by atoms with Crippen molar-refractivity contribution in [1.82, 2.24) is 25.4 Å². The molecule has 1 saturated carbocycles. The predicted molar refractivity (Wildman–Crippen MR) is 103 cm³/mol. The second-order valence-electron chi connectivity index (χ2n) is 6.85. The van der Waals surface area contributed by atoms with Gasteiger partial charge in [0.05, 0.1) is 0 Å². The molecule has 1 aliphatic carbocycles. The summed E-state index contributed by atoms with van der Waals surface area (Å²) < 4.78 is 1.99. The number of hydrogen-bond acceptors (Lipinski definition) is 4. The van der Waals surface area contributed by atoms with E-state index >= 15 is 0 Å². The molecule has 136 valence electrons. The van der Waals surface area contributed by atoms with E-state index in [1.165, 1.54) is 31.2 Å². The van der Waals surface area contributed by atoms with Crippen LogP contribution >= 0.6 is 11.3 Å². The molecule has 0 saturated heterocycles. The van der Waals surface area contributed by atoms with Crippen LogP contribution in [0.4, 0.5) is 0 Å². The highest BCUT2D eigenvalue weighted by Gasteiger charge is 2.17. The van der Waals surface area contributed by atoms with Gasteiger partial charge in [0.2, 0.25) is 0 Å². The third-order valence-electron chi connectivity index (χ3n) is 4.95. The molecular formula is C18H28N6S. The monoisotopic (exact) mass is 360 g/mol. The smallest absolute Gasteiger partial charge is 0.191 e. The minimum atomic E-state index is 0.457. The van der Waals surface area contributed by atoms with Crippen molar-refractivity contribution in [1.29, 1.82) is 0 Å². The number of aromatic nitrogens is 3. The van der Waals surface area contributed by atoms with Crippen LogP contribution in [0.5, 0.6) is 0 Å². The van der Waals surface area contributed by atoms with E-state index < -0.39 is 0 Å². The Labute approximate surface area is 153 Å². The van der Waals surface area contributed by atoms with Gasteiger partial charge in [-0.1, -0.05) is 19.8 Å². The van der Waals surface area contributed by atoms with Crippen LogP contribution in [0.3, 0.4) is 0 Å². The normalized spacial score (nSPS) is 17.0. The first-order valence-corrected chi connectivity index (χ1v) is 9.99. The Morgan fingerprint density at radius 1 is 1.40 bits per heavy atom. The van der Waals surface area contributed by atoms with E-state index in [1.807, 2.05) is 18.5 Å². The summed E-state index contributed by atoms with van der Waals surface area (Å²) in [7, 11) is 1.98. The zero-order valence-electron chi connectivity index (χ0n) is 15.3. The molecule has 0 radical (unpaired) electrons. The standard InChI is InChI=1S/C18H28N6S/c1-13(15-8-9-25-12-15)10-19-18(21-16-6-4-5-7-16)20-11-17-23-22-14(2)24(17)3/h8-9,12-13,16H,4-7,10-11H2,1-3H3,(H2,19,20,21). The molecule has 2 N–H and O–H groups in total. The van der Waals surface area contributed by atoms with Gasteiger partial charge >= 0.3 is 0 Å². The highest BCUT2D eigenvalue weighted by Crippen LogP contribution is 2.18. The molecule has 7 heteroatoms. The van der Waals surface area contributed by atoms with Crippen LogP contribution in [0.1, 0.15) is 55.7 Å². The lowest BCUT2D eigenvalue weighted by atomic mass is 10.1. The summed E-state index contributed by atoms with van der Waals surface area (Å²) >= 11 is 1.75. The Hall–Kier alpha value is -1.89. The SMILES string of the molecule is Cc1nnc(CN=C(NCC(C)c2ccsc2)NC2CCCC2)n1C. The van der Waals surface area contributed by atoms with Crippen molar-refractivity contribution in [3.63, 3.8) is 0 Å². The van der Waals surface area contributed by atoms with Gasteiger partial charge in [-0.05, 0) is 48.1 Å². The average Bonchev–Trinajstić information content (AvgIpc) is 3.35. The van der Waals surface area contributed by atoms with E-state index in [4.69, 9.17) is 4.99 Å². The van der Waals surface area contributed by atoms with Crippen molar-refractivity contribution in [3.8, 4) is 0 Å². The molecule has 0 bridgehead atoms. The maximum atomic E-state index is 4.76. The van der Waals surface area contributed by atoms with Crippen LogP contribution < -0.4 is 10.6 Å². The first-order chi connectivity index (χ1) is 12.1. The number of thiophene rings is 1. The maximum absolute atomic E-state index is 4.76. The number of nitrogens with one attached hydrogen (secondary N) is 2. The lowest BCUT2D eigenvalue weighted by Crippen LogP contribution is -2.43. The van der Waals surface area contributed by atoms with Gasteiger partial charge in [-0.25, -0.2) is 4.99 Å². The van der Waals surface area contributed by atoms with Crippen LogP contribution in [0.25, 0.3) is 0 Å². The van der Waals surface area contributed by atoms with E-state index in [-0.39, 0.29) is 0 Å². The highest BCUT2D eigenvalue weighted by molar-refractivity contribution is 7.07. The molecular weight excluding hydrogens is 332 g/mol. The predicted octanol–water partition coefficient (Wildman–Crippen LogP) is 2.97. The van der Waals surface area contributed by atoms with E-state index in [1.54, 1.807) is 11.3 Å². The minimum absolute atomic E-state index is 0.457. The number of aliphatic imine (C=N–C) groups is 1. The third kappa shape index (κ3) is 4.81. The molecule has 1 unspecified atom stereocenters. The summed E-state index contributed by atoms with van der Waals surface area (Å²) in [4.78, 5) is 4.76. The van der Waals surface area contributed by atoms with Crippen molar-refractivity contribution >= 4 is 17.3 Å². The number of nitrogens with zero attached hydrogens (tertiary/aromatic N) is 4.